The fourth-order valence-electron chi connectivity index (χ4n) is 3.82. The van der Waals surface area contributed by atoms with Crippen molar-refractivity contribution in [3.05, 3.63) is 60.6 Å². The van der Waals surface area contributed by atoms with Crippen molar-refractivity contribution in [2.75, 3.05) is 18.0 Å². The molecule has 0 amide bonds. The summed E-state index contributed by atoms with van der Waals surface area (Å²) in [6.45, 7) is 1.80. The highest BCUT2D eigenvalue weighted by molar-refractivity contribution is 5.84. The summed E-state index contributed by atoms with van der Waals surface area (Å²) in [7, 11) is 0. The van der Waals surface area contributed by atoms with Crippen LogP contribution in [0.1, 0.15) is 36.1 Å². The van der Waals surface area contributed by atoms with E-state index in [9.17, 15) is 0 Å². The zero-order valence-electron chi connectivity index (χ0n) is 14.3. The molecule has 26 heavy (non-hydrogen) atoms. The minimum atomic E-state index is 0.375. The summed E-state index contributed by atoms with van der Waals surface area (Å²) >= 11 is 0. The number of para-hydroxylation sites is 2. The van der Waals surface area contributed by atoms with Gasteiger partial charge in [0.25, 0.3) is 0 Å². The Morgan fingerprint density at radius 2 is 1.69 bits per heavy atom. The molecule has 1 saturated heterocycles. The number of rotatable bonds is 3. The number of fused-ring (bicyclic) bond motifs is 3. The van der Waals surface area contributed by atoms with Crippen LogP contribution in [0, 0.1) is 0 Å². The predicted molar refractivity (Wildman–Crippen MR) is 99.5 cm³/mol. The third kappa shape index (κ3) is 2.11. The summed E-state index contributed by atoms with van der Waals surface area (Å²) in [6, 6.07) is 8.19. The Morgan fingerprint density at radius 3 is 2.50 bits per heavy atom. The van der Waals surface area contributed by atoms with Gasteiger partial charge in [-0.2, -0.15) is 0 Å². The molecule has 4 aromatic rings. The molecule has 0 radical (unpaired) electrons. The molecular weight excluding hydrogens is 324 g/mol. The van der Waals surface area contributed by atoms with Crippen LogP contribution in [0.2, 0.25) is 0 Å². The molecule has 0 bridgehead atoms. The second kappa shape index (κ2) is 5.24. The second-order valence-corrected chi connectivity index (χ2v) is 7.32. The highest BCUT2D eigenvalue weighted by Crippen LogP contribution is 2.40. The fraction of sp³-hybridized carbons (Fsp3) is 0.300. The lowest BCUT2D eigenvalue weighted by Crippen LogP contribution is -2.46. The number of nitrogens with zero attached hydrogens (tertiary/aromatic N) is 6. The van der Waals surface area contributed by atoms with Crippen LogP contribution >= 0.6 is 0 Å². The zero-order valence-corrected chi connectivity index (χ0v) is 14.3. The maximum Gasteiger partial charge on any atom is 0.155 e. The smallest absolute Gasteiger partial charge is 0.155 e. The van der Waals surface area contributed by atoms with Gasteiger partial charge in [-0.1, -0.05) is 12.1 Å². The second-order valence-electron chi connectivity index (χ2n) is 7.32. The molecule has 128 valence electrons. The summed E-state index contributed by atoms with van der Waals surface area (Å²) in [5, 5.41) is 0. The van der Waals surface area contributed by atoms with E-state index < -0.39 is 0 Å². The van der Waals surface area contributed by atoms with Gasteiger partial charge in [-0.3, -0.25) is 4.40 Å². The van der Waals surface area contributed by atoms with E-state index in [1.54, 1.807) is 0 Å². The molecule has 0 atom stereocenters. The molecule has 1 aliphatic heterocycles. The van der Waals surface area contributed by atoms with E-state index in [-0.39, 0.29) is 0 Å². The SMILES string of the molecule is c1ccc2c(c1)nc(N1CC(c3ncc(C4CC4)cn3)C1)c1cncn12. The van der Waals surface area contributed by atoms with Gasteiger partial charge in [0.05, 0.1) is 29.5 Å². The van der Waals surface area contributed by atoms with Crippen molar-refractivity contribution in [1.82, 2.24) is 24.3 Å². The fourth-order valence-corrected chi connectivity index (χ4v) is 3.82. The van der Waals surface area contributed by atoms with Gasteiger partial charge in [0.15, 0.2) is 5.82 Å². The van der Waals surface area contributed by atoms with Crippen LogP contribution in [0.3, 0.4) is 0 Å². The van der Waals surface area contributed by atoms with Gasteiger partial charge < -0.3 is 4.90 Å². The first kappa shape index (κ1) is 14.2. The molecule has 2 aliphatic rings. The molecule has 1 saturated carbocycles. The first-order valence-electron chi connectivity index (χ1n) is 9.14. The first-order valence-corrected chi connectivity index (χ1v) is 9.14. The highest BCUT2D eigenvalue weighted by Gasteiger charge is 2.33. The Bertz CT molecular complexity index is 1110. The molecule has 6 heteroatoms. The third-order valence-corrected chi connectivity index (χ3v) is 5.52. The summed E-state index contributed by atoms with van der Waals surface area (Å²) < 4.78 is 2.12. The predicted octanol–water partition coefficient (Wildman–Crippen LogP) is 3.15. The van der Waals surface area contributed by atoms with Crippen LogP contribution in [0.15, 0.2) is 49.2 Å². The Kier molecular flexibility index (Phi) is 2.86. The van der Waals surface area contributed by atoms with Crippen molar-refractivity contribution >= 4 is 22.4 Å². The van der Waals surface area contributed by atoms with E-state index in [0.717, 1.165) is 41.3 Å². The lowest BCUT2D eigenvalue weighted by atomic mass is 9.99. The van der Waals surface area contributed by atoms with Crippen molar-refractivity contribution < 1.29 is 0 Å². The number of aromatic nitrogens is 5. The van der Waals surface area contributed by atoms with E-state index in [4.69, 9.17) is 4.98 Å². The van der Waals surface area contributed by atoms with Gasteiger partial charge in [0, 0.05) is 25.5 Å². The molecule has 6 nitrogen and oxygen atoms in total. The van der Waals surface area contributed by atoms with Crippen LogP contribution in [0.25, 0.3) is 16.6 Å². The molecule has 4 heterocycles. The van der Waals surface area contributed by atoms with Crippen molar-refractivity contribution in [3.8, 4) is 0 Å². The molecule has 0 N–H and O–H groups in total. The van der Waals surface area contributed by atoms with Gasteiger partial charge in [-0.15, -0.1) is 0 Å². The number of hydrogen-bond donors (Lipinski definition) is 0. The summed E-state index contributed by atoms with van der Waals surface area (Å²) in [5.41, 5.74) is 4.41. The summed E-state index contributed by atoms with van der Waals surface area (Å²) in [5.74, 6) is 3.03. The van der Waals surface area contributed by atoms with Gasteiger partial charge >= 0.3 is 0 Å². The van der Waals surface area contributed by atoms with Gasteiger partial charge in [0.1, 0.15) is 11.3 Å². The van der Waals surface area contributed by atoms with Gasteiger partial charge in [-0.25, -0.2) is 19.9 Å². The van der Waals surface area contributed by atoms with Crippen molar-refractivity contribution in [3.63, 3.8) is 0 Å². The maximum absolute atomic E-state index is 4.90. The van der Waals surface area contributed by atoms with Gasteiger partial charge in [-0.05, 0) is 36.5 Å². The van der Waals surface area contributed by atoms with Crippen LogP contribution in [0.5, 0.6) is 0 Å². The Hall–Kier alpha value is -3.02. The Labute approximate surface area is 150 Å². The Morgan fingerprint density at radius 1 is 0.885 bits per heavy atom. The molecule has 1 aliphatic carbocycles. The lowest BCUT2D eigenvalue weighted by Gasteiger charge is -2.39. The molecular formula is C20H18N6. The number of benzene rings is 1. The largest absolute Gasteiger partial charge is 0.353 e. The van der Waals surface area contributed by atoms with Gasteiger partial charge in [0.2, 0.25) is 0 Å². The molecule has 3 aromatic heterocycles. The van der Waals surface area contributed by atoms with Crippen LogP contribution in [-0.2, 0) is 0 Å². The van der Waals surface area contributed by atoms with E-state index in [2.05, 4.69) is 36.4 Å². The minimum absolute atomic E-state index is 0.375. The van der Waals surface area contributed by atoms with Crippen molar-refractivity contribution in [1.29, 1.82) is 0 Å². The number of anilines is 1. The first-order chi connectivity index (χ1) is 12.9. The minimum Gasteiger partial charge on any atom is -0.353 e. The molecule has 0 spiro atoms. The molecule has 1 aromatic carbocycles. The topological polar surface area (TPSA) is 59.2 Å². The van der Waals surface area contributed by atoms with E-state index in [1.807, 2.05) is 37.1 Å². The normalized spacial score (nSPS) is 17.8. The monoisotopic (exact) mass is 342 g/mol. The highest BCUT2D eigenvalue weighted by atomic mass is 15.3. The summed E-state index contributed by atoms with van der Waals surface area (Å²) in [6.07, 6.45) is 10.4. The molecule has 6 rings (SSSR count). The summed E-state index contributed by atoms with van der Waals surface area (Å²) in [4.78, 5) is 20.8. The molecule has 0 unspecified atom stereocenters. The van der Waals surface area contributed by atoms with Crippen molar-refractivity contribution in [2.45, 2.75) is 24.7 Å². The van der Waals surface area contributed by atoms with E-state index >= 15 is 0 Å². The van der Waals surface area contributed by atoms with E-state index in [0.29, 0.717) is 11.8 Å². The average molecular weight is 342 g/mol. The van der Waals surface area contributed by atoms with E-state index in [1.165, 1.54) is 18.4 Å². The number of imidazole rings is 1. The lowest BCUT2D eigenvalue weighted by molar-refractivity contribution is 0.497. The number of hydrogen-bond acceptors (Lipinski definition) is 5. The standard InChI is InChI=1S/C20H18N6/c1-2-4-17-16(3-1)24-20(18-9-21-12-26(17)18)25-10-15(11-25)19-22-7-14(8-23-19)13-5-6-13/h1-4,7-9,12-13,15H,5-6,10-11H2. The maximum atomic E-state index is 4.90. The van der Waals surface area contributed by atoms with Crippen LogP contribution in [-0.4, -0.2) is 37.4 Å². The average Bonchev–Trinajstić information content (AvgIpc) is 3.37. The Balaban J connectivity index is 1.30. The quantitative estimate of drug-likeness (QED) is 0.572. The molecule has 2 fully saturated rings. The van der Waals surface area contributed by atoms with Crippen molar-refractivity contribution in [2.24, 2.45) is 0 Å². The zero-order chi connectivity index (χ0) is 17.1. The van der Waals surface area contributed by atoms with Crippen LogP contribution < -0.4 is 4.90 Å². The van der Waals surface area contributed by atoms with Crippen LogP contribution in [0.4, 0.5) is 5.82 Å². The third-order valence-electron chi connectivity index (χ3n) is 5.52.